The molecule has 0 aliphatic heterocycles. The van der Waals surface area contributed by atoms with E-state index in [9.17, 15) is 0 Å². The highest BCUT2D eigenvalue weighted by atomic mass is 16.5. The van der Waals surface area contributed by atoms with Crippen LogP contribution >= 0.6 is 0 Å². The third-order valence-electron chi connectivity index (χ3n) is 2.50. The number of hydrogen-bond donors (Lipinski definition) is 0. The molecule has 2 rings (SSSR count). The van der Waals surface area contributed by atoms with Crippen LogP contribution in [0.5, 0.6) is 5.75 Å². The first-order valence-electron chi connectivity index (χ1n) is 5.36. The first-order valence-corrected chi connectivity index (χ1v) is 5.36. The van der Waals surface area contributed by atoms with Crippen molar-refractivity contribution >= 4 is 11.6 Å². The number of hydrogen-bond acceptors (Lipinski definition) is 5. The van der Waals surface area contributed by atoms with Gasteiger partial charge in [-0.3, -0.25) is 0 Å². The van der Waals surface area contributed by atoms with Crippen LogP contribution in [0.4, 0.5) is 11.6 Å². The molecule has 90 valence electrons. The second kappa shape index (κ2) is 5.15. The molecule has 0 radical (unpaired) electrons. The van der Waals surface area contributed by atoms with E-state index >= 15 is 0 Å². The smallest absolute Gasteiger partial charge is 0.230 e. The molecule has 0 N–H and O–H groups in total. The Kier molecular flexibility index (Phi) is 3.39. The maximum absolute atomic E-state index is 8.83. The average molecular weight is 240 g/mol. The lowest BCUT2D eigenvalue weighted by Crippen LogP contribution is -2.14. The summed E-state index contributed by atoms with van der Waals surface area (Å²) in [6.45, 7) is 0. The normalized spacial score (nSPS) is 9.61. The van der Waals surface area contributed by atoms with E-state index in [-0.39, 0.29) is 0 Å². The van der Waals surface area contributed by atoms with Gasteiger partial charge in [-0.25, -0.2) is 9.97 Å². The van der Waals surface area contributed by atoms with Gasteiger partial charge in [0, 0.05) is 13.2 Å². The Balaban J connectivity index is 2.41. The van der Waals surface area contributed by atoms with Gasteiger partial charge in [-0.1, -0.05) is 12.1 Å². The van der Waals surface area contributed by atoms with Crippen LogP contribution in [0.1, 0.15) is 5.69 Å². The number of anilines is 2. The van der Waals surface area contributed by atoms with Gasteiger partial charge in [0.05, 0.1) is 12.8 Å². The first kappa shape index (κ1) is 11.9. The molecule has 0 unspecified atom stereocenters. The van der Waals surface area contributed by atoms with E-state index in [0.29, 0.717) is 11.6 Å². The van der Waals surface area contributed by atoms with Crippen LogP contribution in [-0.2, 0) is 0 Å². The van der Waals surface area contributed by atoms with E-state index in [1.807, 2.05) is 37.4 Å². The lowest BCUT2D eigenvalue weighted by molar-refractivity contribution is 0.415. The number of methoxy groups -OCH3 is 1. The number of ether oxygens (including phenoxy) is 1. The number of aromatic nitrogens is 2. The molecule has 0 saturated heterocycles. The summed E-state index contributed by atoms with van der Waals surface area (Å²) in [7, 11) is 3.44. The summed E-state index contributed by atoms with van der Waals surface area (Å²) in [6, 6.07) is 11.1. The van der Waals surface area contributed by atoms with Crippen molar-refractivity contribution in [3.05, 3.63) is 42.2 Å². The van der Waals surface area contributed by atoms with Gasteiger partial charge < -0.3 is 9.64 Å². The molecule has 5 nitrogen and oxygen atoms in total. The van der Waals surface area contributed by atoms with Gasteiger partial charge in [0.2, 0.25) is 5.95 Å². The molecule has 0 amide bonds. The SMILES string of the molecule is COc1ccccc1N(C)c1nccc(C#N)n1. The third kappa shape index (κ3) is 2.23. The Morgan fingerprint density at radius 2 is 2.06 bits per heavy atom. The maximum atomic E-state index is 8.83. The Bertz CT molecular complexity index is 592. The summed E-state index contributed by atoms with van der Waals surface area (Å²) in [6.07, 6.45) is 1.56. The van der Waals surface area contributed by atoms with Crippen LogP contribution in [0.25, 0.3) is 0 Å². The second-order valence-corrected chi connectivity index (χ2v) is 3.58. The van der Waals surface area contributed by atoms with E-state index in [0.717, 1.165) is 11.4 Å². The molecule has 2 aromatic rings. The largest absolute Gasteiger partial charge is 0.495 e. The van der Waals surface area contributed by atoms with Gasteiger partial charge in [-0.15, -0.1) is 0 Å². The summed E-state index contributed by atoms with van der Waals surface area (Å²) in [5, 5.41) is 8.83. The number of nitriles is 1. The molecule has 0 spiro atoms. The molecular weight excluding hydrogens is 228 g/mol. The molecule has 1 aromatic heterocycles. The standard InChI is InChI=1S/C13H12N4O/c1-17(11-5-3-4-6-12(11)18-2)13-15-8-7-10(9-14)16-13/h3-8H,1-2H3. The van der Waals surface area contributed by atoms with E-state index in [1.54, 1.807) is 24.3 Å². The monoisotopic (exact) mass is 240 g/mol. The fourth-order valence-corrected chi connectivity index (χ4v) is 1.59. The van der Waals surface area contributed by atoms with Crippen molar-refractivity contribution in [2.24, 2.45) is 0 Å². The van der Waals surface area contributed by atoms with Gasteiger partial charge in [-0.05, 0) is 18.2 Å². The lowest BCUT2D eigenvalue weighted by Gasteiger charge is -2.19. The van der Waals surface area contributed by atoms with E-state index in [1.165, 1.54) is 0 Å². The van der Waals surface area contributed by atoms with Crippen molar-refractivity contribution in [2.45, 2.75) is 0 Å². The molecule has 1 heterocycles. The first-order chi connectivity index (χ1) is 8.76. The summed E-state index contributed by atoms with van der Waals surface area (Å²) in [5.74, 6) is 1.18. The number of benzene rings is 1. The quantitative estimate of drug-likeness (QED) is 0.822. The van der Waals surface area contributed by atoms with Crippen molar-refractivity contribution < 1.29 is 4.74 Å². The van der Waals surface area contributed by atoms with Gasteiger partial charge in [0.15, 0.2) is 0 Å². The molecule has 0 saturated carbocycles. The Hall–Kier alpha value is -2.61. The average Bonchev–Trinajstić information content (AvgIpc) is 2.46. The third-order valence-corrected chi connectivity index (χ3v) is 2.50. The minimum absolute atomic E-state index is 0.335. The molecule has 0 aliphatic rings. The highest BCUT2D eigenvalue weighted by Crippen LogP contribution is 2.30. The molecule has 1 aromatic carbocycles. The van der Waals surface area contributed by atoms with Gasteiger partial charge in [0.1, 0.15) is 17.5 Å². The zero-order chi connectivity index (χ0) is 13.0. The van der Waals surface area contributed by atoms with Crippen LogP contribution in [-0.4, -0.2) is 24.1 Å². The Labute approximate surface area is 105 Å². The molecule has 0 fully saturated rings. The zero-order valence-corrected chi connectivity index (χ0v) is 10.2. The van der Waals surface area contributed by atoms with Crippen LogP contribution in [0, 0.1) is 11.3 Å². The maximum Gasteiger partial charge on any atom is 0.230 e. The number of nitrogens with zero attached hydrogens (tertiary/aromatic N) is 4. The van der Waals surface area contributed by atoms with Crippen molar-refractivity contribution in [3.63, 3.8) is 0 Å². The van der Waals surface area contributed by atoms with Gasteiger partial charge >= 0.3 is 0 Å². The zero-order valence-electron chi connectivity index (χ0n) is 10.2. The van der Waals surface area contributed by atoms with Crippen LogP contribution < -0.4 is 9.64 Å². The van der Waals surface area contributed by atoms with Crippen molar-refractivity contribution in [1.82, 2.24) is 9.97 Å². The summed E-state index contributed by atoms with van der Waals surface area (Å²) < 4.78 is 5.28. The van der Waals surface area contributed by atoms with E-state index in [2.05, 4.69) is 9.97 Å². The van der Waals surface area contributed by atoms with Crippen molar-refractivity contribution in [1.29, 1.82) is 5.26 Å². The van der Waals surface area contributed by atoms with Crippen molar-refractivity contribution in [2.75, 3.05) is 19.1 Å². The topological polar surface area (TPSA) is 62.0 Å². The molecule has 5 heteroatoms. The van der Waals surface area contributed by atoms with Crippen LogP contribution in [0.3, 0.4) is 0 Å². The van der Waals surface area contributed by atoms with Gasteiger partial charge in [0.25, 0.3) is 0 Å². The fraction of sp³-hybridized carbons (Fsp3) is 0.154. The molecule has 0 atom stereocenters. The number of para-hydroxylation sites is 2. The highest BCUT2D eigenvalue weighted by Gasteiger charge is 2.11. The summed E-state index contributed by atoms with van der Waals surface area (Å²) in [4.78, 5) is 10.1. The minimum Gasteiger partial charge on any atom is -0.495 e. The number of rotatable bonds is 3. The van der Waals surface area contributed by atoms with Gasteiger partial charge in [-0.2, -0.15) is 5.26 Å². The second-order valence-electron chi connectivity index (χ2n) is 3.58. The molecular formula is C13H12N4O. The predicted molar refractivity (Wildman–Crippen MR) is 67.8 cm³/mol. The Morgan fingerprint density at radius 3 is 2.78 bits per heavy atom. The highest BCUT2D eigenvalue weighted by molar-refractivity contribution is 5.64. The van der Waals surface area contributed by atoms with Crippen LogP contribution in [0.15, 0.2) is 36.5 Å². The molecule has 18 heavy (non-hydrogen) atoms. The van der Waals surface area contributed by atoms with E-state index in [4.69, 9.17) is 10.00 Å². The van der Waals surface area contributed by atoms with Crippen molar-refractivity contribution in [3.8, 4) is 11.8 Å². The van der Waals surface area contributed by atoms with E-state index < -0.39 is 0 Å². The molecule has 0 bridgehead atoms. The summed E-state index contributed by atoms with van der Waals surface area (Å²) >= 11 is 0. The molecule has 0 aliphatic carbocycles. The lowest BCUT2D eigenvalue weighted by atomic mass is 10.3. The predicted octanol–water partition coefficient (Wildman–Crippen LogP) is 2.12. The van der Waals surface area contributed by atoms with Crippen LogP contribution in [0.2, 0.25) is 0 Å². The minimum atomic E-state index is 0.335. The summed E-state index contributed by atoms with van der Waals surface area (Å²) in [5.41, 5.74) is 1.18. The Morgan fingerprint density at radius 1 is 1.28 bits per heavy atom. The fourth-order valence-electron chi connectivity index (χ4n) is 1.59.